The molecule has 0 radical (unpaired) electrons. The number of nitrogens with one attached hydrogen (secondary N) is 1. The molecule has 1 N–H and O–H groups in total. The van der Waals surface area contributed by atoms with Crippen LogP contribution in [0.5, 0.6) is 0 Å². The Morgan fingerprint density at radius 1 is 1.17 bits per heavy atom. The number of sulfonamides is 1. The molecule has 6 nitrogen and oxygen atoms in total. The first-order valence-electron chi connectivity index (χ1n) is 8.88. The van der Waals surface area contributed by atoms with Crippen LogP contribution in [0.15, 0.2) is 57.9 Å². The van der Waals surface area contributed by atoms with E-state index in [1.807, 2.05) is 6.07 Å². The van der Waals surface area contributed by atoms with Gasteiger partial charge in [0.1, 0.15) is 0 Å². The van der Waals surface area contributed by atoms with Gasteiger partial charge in [0.15, 0.2) is 0 Å². The Kier molecular flexibility index (Phi) is 6.94. The largest absolute Gasteiger partial charge is 0.385 e. The highest BCUT2D eigenvalue weighted by molar-refractivity contribution is 9.10. The highest BCUT2D eigenvalue weighted by Crippen LogP contribution is 2.31. The average Bonchev–Trinajstić information content (AvgIpc) is 3.14. The first-order valence-corrected chi connectivity index (χ1v) is 11.9. The maximum absolute atomic E-state index is 12.9. The van der Waals surface area contributed by atoms with Gasteiger partial charge in [-0.1, -0.05) is 15.9 Å². The van der Waals surface area contributed by atoms with E-state index in [9.17, 15) is 13.2 Å². The first-order chi connectivity index (χ1) is 13.8. The summed E-state index contributed by atoms with van der Waals surface area (Å²) in [6.07, 6.45) is 0.746. The number of halogens is 1. The van der Waals surface area contributed by atoms with Crippen LogP contribution in [0.1, 0.15) is 16.1 Å². The van der Waals surface area contributed by atoms with Crippen molar-refractivity contribution in [2.24, 2.45) is 0 Å². The van der Waals surface area contributed by atoms with E-state index in [4.69, 9.17) is 4.74 Å². The van der Waals surface area contributed by atoms with Crippen LogP contribution < -0.4 is 9.62 Å². The molecule has 29 heavy (non-hydrogen) atoms. The summed E-state index contributed by atoms with van der Waals surface area (Å²) in [4.78, 5) is 13.1. The van der Waals surface area contributed by atoms with Crippen molar-refractivity contribution in [3.63, 3.8) is 0 Å². The number of fused-ring (bicyclic) bond motifs is 1. The summed E-state index contributed by atoms with van der Waals surface area (Å²) in [5, 5.41) is 3.69. The van der Waals surface area contributed by atoms with E-state index < -0.39 is 10.0 Å². The van der Waals surface area contributed by atoms with Gasteiger partial charge in [-0.25, -0.2) is 8.42 Å². The monoisotopic (exact) mass is 496 g/mol. The molecular weight excluding hydrogens is 476 g/mol. The topological polar surface area (TPSA) is 75.7 Å². The van der Waals surface area contributed by atoms with Gasteiger partial charge in [-0.2, -0.15) is 0 Å². The van der Waals surface area contributed by atoms with Crippen LogP contribution in [0.25, 0.3) is 10.1 Å². The second-order valence-corrected chi connectivity index (χ2v) is 10.3. The normalized spacial score (nSPS) is 11.6. The molecular formula is C20H21BrN2O4S2. The zero-order chi connectivity index (χ0) is 21.0. The predicted octanol–water partition coefficient (Wildman–Crippen LogP) is 4.26. The van der Waals surface area contributed by atoms with Crippen LogP contribution in [-0.2, 0) is 14.8 Å². The van der Waals surface area contributed by atoms with Crippen molar-refractivity contribution in [3.8, 4) is 0 Å². The van der Waals surface area contributed by atoms with Crippen molar-refractivity contribution in [2.75, 3.05) is 31.6 Å². The molecule has 0 saturated heterocycles. The maximum atomic E-state index is 12.9. The SMILES string of the molecule is COCCCNC(=O)c1cc2cc(N(C)S(=O)(=O)c3ccc(Br)cc3)ccc2s1. The van der Waals surface area contributed by atoms with Gasteiger partial charge in [0.25, 0.3) is 15.9 Å². The molecule has 0 bridgehead atoms. The summed E-state index contributed by atoms with van der Waals surface area (Å²) in [5.41, 5.74) is 0.533. The van der Waals surface area contributed by atoms with Gasteiger partial charge >= 0.3 is 0 Å². The minimum absolute atomic E-state index is 0.139. The van der Waals surface area contributed by atoms with E-state index in [0.29, 0.717) is 23.7 Å². The van der Waals surface area contributed by atoms with Gasteiger partial charge < -0.3 is 10.1 Å². The van der Waals surface area contributed by atoms with Crippen LogP contribution in [-0.4, -0.2) is 41.6 Å². The number of ether oxygens (including phenoxy) is 1. The minimum atomic E-state index is -3.68. The number of anilines is 1. The quantitative estimate of drug-likeness (QED) is 0.472. The van der Waals surface area contributed by atoms with E-state index in [1.54, 1.807) is 49.6 Å². The summed E-state index contributed by atoms with van der Waals surface area (Å²) < 4.78 is 33.8. The number of methoxy groups -OCH3 is 1. The molecule has 3 aromatic rings. The highest BCUT2D eigenvalue weighted by atomic mass is 79.9. The van der Waals surface area contributed by atoms with Crippen molar-refractivity contribution in [1.29, 1.82) is 0 Å². The van der Waals surface area contributed by atoms with Crippen LogP contribution >= 0.6 is 27.3 Å². The summed E-state index contributed by atoms with van der Waals surface area (Å²) in [6.45, 7) is 1.13. The van der Waals surface area contributed by atoms with Gasteiger partial charge in [0.05, 0.1) is 15.5 Å². The molecule has 2 aromatic carbocycles. The van der Waals surface area contributed by atoms with E-state index in [2.05, 4.69) is 21.2 Å². The number of hydrogen-bond donors (Lipinski definition) is 1. The molecule has 154 valence electrons. The Balaban J connectivity index is 1.82. The Morgan fingerprint density at radius 2 is 1.90 bits per heavy atom. The third-order valence-electron chi connectivity index (χ3n) is 4.37. The number of nitrogens with zero attached hydrogens (tertiary/aromatic N) is 1. The fourth-order valence-corrected chi connectivity index (χ4v) is 5.16. The number of thiophene rings is 1. The predicted molar refractivity (Wildman–Crippen MR) is 120 cm³/mol. The molecule has 3 rings (SSSR count). The van der Waals surface area contributed by atoms with Gasteiger partial charge in [0.2, 0.25) is 0 Å². The minimum Gasteiger partial charge on any atom is -0.385 e. The van der Waals surface area contributed by atoms with Crippen molar-refractivity contribution in [3.05, 3.63) is 57.9 Å². The average molecular weight is 497 g/mol. The number of amides is 1. The number of carbonyl (C=O) groups excluding carboxylic acids is 1. The number of hydrogen-bond acceptors (Lipinski definition) is 5. The zero-order valence-electron chi connectivity index (χ0n) is 16.0. The van der Waals surface area contributed by atoms with Gasteiger partial charge in [-0.3, -0.25) is 9.10 Å². The zero-order valence-corrected chi connectivity index (χ0v) is 19.2. The fourth-order valence-electron chi connectivity index (χ4n) is 2.75. The third kappa shape index (κ3) is 4.98. The smallest absolute Gasteiger partial charge is 0.264 e. The number of benzene rings is 2. The second kappa shape index (κ2) is 9.25. The Bertz CT molecular complexity index is 1110. The molecule has 0 fully saturated rings. The molecule has 0 saturated carbocycles. The number of rotatable bonds is 8. The summed E-state index contributed by atoms with van der Waals surface area (Å²) in [7, 11) is -0.533. The van der Waals surface area contributed by atoms with Gasteiger partial charge in [0, 0.05) is 36.5 Å². The molecule has 1 heterocycles. The molecule has 0 unspecified atom stereocenters. The fraction of sp³-hybridized carbons (Fsp3) is 0.250. The lowest BCUT2D eigenvalue weighted by atomic mass is 10.2. The Hall–Kier alpha value is -1.94. The molecule has 1 aromatic heterocycles. The van der Waals surface area contributed by atoms with E-state index in [-0.39, 0.29) is 10.8 Å². The Labute approximate surface area is 182 Å². The van der Waals surface area contributed by atoms with Crippen molar-refractivity contribution >= 4 is 59.0 Å². The van der Waals surface area contributed by atoms with E-state index in [1.165, 1.54) is 22.7 Å². The molecule has 0 spiro atoms. The maximum Gasteiger partial charge on any atom is 0.264 e. The first kappa shape index (κ1) is 21.8. The van der Waals surface area contributed by atoms with Crippen LogP contribution in [0.3, 0.4) is 0 Å². The van der Waals surface area contributed by atoms with Crippen molar-refractivity contribution < 1.29 is 17.9 Å². The van der Waals surface area contributed by atoms with Crippen LogP contribution in [0, 0.1) is 0 Å². The lowest BCUT2D eigenvalue weighted by molar-refractivity contribution is 0.0952. The second-order valence-electron chi connectivity index (χ2n) is 6.36. The molecule has 1 amide bonds. The third-order valence-corrected chi connectivity index (χ3v) is 7.81. The Morgan fingerprint density at radius 3 is 2.59 bits per heavy atom. The van der Waals surface area contributed by atoms with E-state index >= 15 is 0 Å². The van der Waals surface area contributed by atoms with Gasteiger partial charge in [-0.15, -0.1) is 11.3 Å². The van der Waals surface area contributed by atoms with Crippen LogP contribution in [0.4, 0.5) is 5.69 Å². The molecule has 9 heteroatoms. The summed E-state index contributed by atoms with van der Waals surface area (Å²) >= 11 is 4.69. The summed E-state index contributed by atoms with van der Waals surface area (Å²) in [5.74, 6) is -0.139. The number of carbonyl (C=O) groups is 1. The van der Waals surface area contributed by atoms with Crippen molar-refractivity contribution in [2.45, 2.75) is 11.3 Å². The molecule has 0 atom stereocenters. The highest BCUT2D eigenvalue weighted by Gasteiger charge is 2.22. The standard InChI is InChI=1S/C20H21BrN2O4S2/c1-23(29(25,26)17-7-4-15(21)5-8-17)16-6-9-18-14(12-16)13-19(28-18)20(24)22-10-3-11-27-2/h4-9,12-13H,3,10-11H2,1-2H3,(H,22,24). The molecule has 0 aliphatic rings. The van der Waals surface area contributed by atoms with Crippen LogP contribution in [0.2, 0.25) is 0 Å². The molecule has 0 aliphatic heterocycles. The molecule has 0 aliphatic carbocycles. The van der Waals surface area contributed by atoms with E-state index in [0.717, 1.165) is 21.0 Å². The lowest BCUT2D eigenvalue weighted by Gasteiger charge is -2.19. The lowest BCUT2D eigenvalue weighted by Crippen LogP contribution is -2.26. The van der Waals surface area contributed by atoms with Gasteiger partial charge in [-0.05, 0) is 60.3 Å². The van der Waals surface area contributed by atoms with Crippen molar-refractivity contribution in [1.82, 2.24) is 5.32 Å². The summed E-state index contributed by atoms with van der Waals surface area (Å²) in [6, 6.07) is 13.7.